The molecule has 0 saturated heterocycles. The van der Waals surface area contributed by atoms with Gasteiger partial charge in [-0.15, -0.1) is 0 Å². The topological polar surface area (TPSA) is 127 Å². The molecular weight excluding hydrogens is 534 g/mol. The Labute approximate surface area is 237 Å². The second-order valence-electron chi connectivity index (χ2n) is 8.59. The molecular formula is C30H28ClN3O6. The van der Waals surface area contributed by atoms with Crippen molar-refractivity contribution in [2.75, 3.05) is 31.0 Å². The first-order chi connectivity index (χ1) is 19.1. The Morgan fingerprint density at radius 1 is 0.950 bits per heavy atom. The Morgan fingerprint density at radius 3 is 2.27 bits per heavy atom. The molecule has 0 bridgehead atoms. The molecule has 0 aliphatic rings. The Bertz CT molecular complexity index is 1490. The van der Waals surface area contributed by atoms with Crippen molar-refractivity contribution in [2.24, 2.45) is 0 Å². The number of benzene rings is 3. The van der Waals surface area contributed by atoms with Gasteiger partial charge < -0.3 is 24.8 Å². The molecule has 0 saturated carbocycles. The molecule has 3 aromatic carbocycles. The molecule has 2 N–H and O–H groups in total. The average Bonchev–Trinajstić information content (AvgIpc) is 2.93. The zero-order valence-corrected chi connectivity index (χ0v) is 23.2. The minimum atomic E-state index is -0.661. The third-order valence-corrected chi connectivity index (χ3v) is 5.99. The summed E-state index contributed by atoms with van der Waals surface area (Å²) in [6, 6.07) is 16.5. The molecule has 0 heterocycles. The minimum Gasteiger partial charge on any atom is -0.490 e. The van der Waals surface area contributed by atoms with E-state index in [0.717, 1.165) is 11.1 Å². The Balaban J connectivity index is 1.75. The lowest BCUT2D eigenvalue weighted by atomic mass is 10.1. The van der Waals surface area contributed by atoms with Crippen LogP contribution in [0.15, 0.2) is 60.2 Å². The quantitative estimate of drug-likeness (QED) is 0.184. The van der Waals surface area contributed by atoms with Crippen LogP contribution in [0, 0.1) is 25.2 Å². The molecule has 0 atom stereocenters. The maximum atomic E-state index is 12.7. The molecule has 3 aromatic rings. The highest BCUT2D eigenvalue weighted by molar-refractivity contribution is 6.32. The van der Waals surface area contributed by atoms with Gasteiger partial charge in [0.15, 0.2) is 18.1 Å². The normalized spacial score (nSPS) is 10.8. The van der Waals surface area contributed by atoms with E-state index in [1.165, 1.54) is 43.5 Å². The number of esters is 1. The highest BCUT2D eigenvalue weighted by Gasteiger charge is 2.16. The van der Waals surface area contributed by atoms with Crippen molar-refractivity contribution in [3.05, 3.63) is 87.4 Å². The van der Waals surface area contributed by atoms with E-state index in [2.05, 4.69) is 15.4 Å². The molecule has 0 unspecified atom stereocenters. The number of nitriles is 1. The summed E-state index contributed by atoms with van der Waals surface area (Å²) in [4.78, 5) is 36.8. The molecule has 206 valence electrons. The van der Waals surface area contributed by atoms with Gasteiger partial charge in [-0.25, -0.2) is 4.79 Å². The molecule has 0 aliphatic carbocycles. The highest BCUT2D eigenvalue weighted by Crippen LogP contribution is 2.37. The number of carbonyl (C=O) groups excluding carboxylic acids is 3. The van der Waals surface area contributed by atoms with Crippen LogP contribution in [0.25, 0.3) is 6.08 Å². The van der Waals surface area contributed by atoms with Gasteiger partial charge in [-0.05, 0) is 92.1 Å². The van der Waals surface area contributed by atoms with Crippen LogP contribution in [-0.2, 0) is 14.3 Å². The van der Waals surface area contributed by atoms with Crippen LogP contribution >= 0.6 is 11.6 Å². The molecule has 10 heteroatoms. The summed E-state index contributed by atoms with van der Waals surface area (Å²) in [6.07, 6.45) is 1.35. The van der Waals surface area contributed by atoms with E-state index in [1.807, 2.05) is 32.0 Å². The number of aryl methyl sites for hydroxylation is 2. The summed E-state index contributed by atoms with van der Waals surface area (Å²) in [6.45, 7) is 5.67. The summed E-state index contributed by atoms with van der Waals surface area (Å²) in [5.41, 5.74) is 3.73. The SMILES string of the molecule is CCOc1cc(/C=C(/C#N)C(=O)Nc2ccc(C(=O)OC)cc2)cc(Cl)c1OCC(=O)Nc1ccc(C)c(C)c1. The van der Waals surface area contributed by atoms with Crippen molar-refractivity contribution in [1.82, 2.24) is 0 Å². The number of halogens is 1. The van der Waals surface area contributed by atoms with E-state index >= 15 is 0 Å². The third kappa shape index (κ3) is 7.85. The fourth-order valence-electron chi connectivity index (χ4n) is 3.55. The zero-order chi connectivity index (χ0) is 29.2. The first kappa shape index (κ1) is 29.7. The number of carbonyl (C=O) groups is 3. The second-order valence-corrected chi connectivity index (χ2v) is 9.00. The molecule has 2 amide bonds. The maximum absolute atomic E-state index is 12.7. The third-order valence-electron chi connectivity index (χ3n) is 5.71. The molecule has 9 nitrogen and oxygen atoms in total. The van der Waals surface area contributed by atoms with Gasteiger partial charge in [0.25, 0.3) is 11.8 Å². The predicted octanol–water partition coefficient (Wildman–Crippen LogP) is 5.71. The minimum absolute atomic E-state index is 0.132. The van der Waals surface area contributed by atoms with Crippen molar-refractivity contribution in [2.45, 2.75) is 20.8 Å². The van der Waals surface area contributed by atoms with Crippen molar-refractivity contribution < 1.29 is 28.6 Å². The molecule has 0 radical (unpaired) electrons. The number of hydrogen-bond acceptors (Lipinski definition) is 7. The van der Waals surface area contributed by atoms with Crippen LogP contribution in [0.4, 0.5) is 11.4 Å². The van der Waals surface area contributed by atoms with E-state index in [-0.39, 0.29) is 41.2 Å². The smallest absolute Gasteiger partial charge is 0.337 e. The lowest BCUT2D eigenvalue weighted by molar-refractivity contribution is -0.118. The van der Waals surface area contributed by atoms with Crippen LogP contribution in [0.1, 0.15) is 34.0 Å². The van der Waals surface area contributed by atoms with Gasteiger partial charge in [-0.3, -0.25) is 9.59 Å². The van der Waals surface area contributed by atoms with Crippen LogP contribution in [0.5, 0.6) is 11.5 Å². The highest BCUT2D eigenvalue weighted by atomic mass is 35.5. The largest absolute Gasteiger partial charge is 0.490 e. The Hall–Kier alpha value is -4.81. The van der Waals surface area contributed by atoms with Crippen LogP contribution < -0.4 is 20.1 Å². The molecule has 0 aromatic heterocycles. The molecule has 0 fully saturated rings. The summed E-state index contributed by atoms with van der Waals surface area (Å²) in [7, 11) is 1.27. The lowest BCUT2D eigenvalue weighted by Crippen LogP contribution is -2.20. The van der Waals surface area contributed by atoms with Gasteiger partial charge in [0.1, 0.15) is 11.6 Å². The molecule has 40 heavy (non-hydrogen) atoms. The Morgan fingerprint density at radius 2 is 1.65 bits per heavy atom. The van der Waals surface area contributed by atoms with E-state index in [4.69, 9.17) is 21.1 Å². The number of methoxy groups -OCH3 is 1. The van der Waals surface area contributed by atoms with Crippen LogP contribution in [0.3, 0.4) is 0 Å². The number of nitrogens with one attached hydrogen (secondary N) is 2. The van der Waals surface area contributed by atoms with Crippen molar-refractivity contribution in [1.29, 1.82) is 5.26 Å². The van der Waals surface area contributed by atoms with Gasteiger partial charge in [0.2, 0.25) is 0 Å². The Kier molecular flexibility index (Phi) is 10.3. The summed E-state index contributed by atoms with van der Waals surface area (Å²) in [5, 5.41) is 15.1. The molecule has 0 aliphatic heterocycles. The fraction of sp³-hybridized carbons (Fsp3) is 0.200. The summed E-state index contributed by atoms with van der Waals surface area (Å²) in [5.74, 6) is -1.15. The van der Waals surface area contributed by atoms with E-state index < -0.39 is 11.9 Å². The van der Waals surface area contributed by atoms with Gasteiger partial charge in [-0.2, -0.15) is 5.26 Å². The maximum Gasteiger partial charge on any atom is 0.337 e. The zero-order valence-electron chi connectivity index (χ0n) is 22.5. The monoisotopic (exact) mass is 561 g/mol. The summed E-state index contributed by atoms with van der Waals surface area (Å²) >= 11 is 6.45. The molecule has 3 rings (SSSR count). The van der Waals surface area contributed by atoms with Crippen molar-refractivity contribution in [3.63, 3.8) is 0 Å². The van der Waals surface area contributed by atoms with Gasteiger partial charge >= 0.3 is 5.97 Å². The lowest BCUT2D eigenvalue weighted by Gasteiger charge is -2.15. The van der Waals surface area contributed by atoms with Gasteiger partial charge in [0, 0.05) is 11.4 Å². The molecule has 0 spiro atoms. The number of amides is 2. The standard InChI is InChI=1S/C30H28ClN3O6/c1-5-39-26-15-20(13-22(16-32)29(36)34-23-10-7-21(8-11-23)30(37)38-4)14-25(31)28(26)40-17-27(35)33-24-9-6-18(2)19(3)12-24/h6-15H,5,17H2,1-4H3,(H,33,35)(H,34,36)/b22-13-. The number of rotatable bonds is 10. The second kappa shape index (κ2) is 13.8. The van der Waals surface area contributed by atoms with E-state index in [9.17, 15) is 19.6 Å². The number of anilines is 2. The average molecular weight is 562 g/mol. The fourth-order valence-corrected chi connectivity index (χ4v) is 3.82. The summed E-state index contributed by atoms with van der Waals surface area (Å²) < 4.78 is 16.0. The number of nitrogens with zero attached hydrogens (tertiary/aromatic N) is 1. The first-order valence-electron chi connectivity index (χ1n) is 12.2. The van der Waals surface area contributed by atoms with Gasteiger partial charge in [0.05, 0.1) is 24.3 Å². The number of hydrogen-bond donors (Lipinski definition) is 2. The van der Waals surface area contributed by atoms with Crippen LogP contribution in [-0.4, -0.2) is 38.1 Å². The van der Waals surface area contributed by atoms with E-state index in [0.29, 0.717) is 22.5 Å². The van der Waals surface area contributed by atoms with Gasteiger partial charge in [-0.1, -0.05) is 17.7 Å². The van der Waals surface area contributed by atoms with Crippen LogP contribution in [0.2, 0.25) is 5.02 Å². The van der Waals surface area contributed by atoms with Crippen molar-refractivity contribution in [3.8, 4) is 17.6 Å². The predicted molar refractivity (Wildman–Crippen MR) is 153 cm³/mol. The van der Waals surface area contributed by atoms with Crippen molar-refractivity contribution >= 4 is 46.8 Å². The first-order valence-corrected chi connectivity index (χ1v) is 12.6. The van der Waals surface area contributed by atoms with E-state index in [1.54, 1.807) is 19.1 Å². The number of ether oxygens (including phenoxy) is 3.